The number of aliphatic hydroxyl groups excluding tert-OH is 2. The van der Waals surface area contributed by atoms with Crippen molar-refractivity contribution in [2.24, 2.45) is 23.7 Å². The predicted octanol–water partition coefficient (Wildman–Crippen LogP) is -0.861. The van der Waals surface area contributed by atoms with Gasteiger partial charge in [0.05, 0.1) is 18.1 Å². The third kappa shape index (κ3) is 7.79. The fraction of sp³-hybridized carbons (Fsp3) is 0.739. The molecule has 164 valence electrons. The molecule has 2 aliphatic rings. The normalized spacial score (nSPS) is 28.4. The number of ether oxygens (including phenoxy) is 1. The van der Waals surface area contributed by atoms with Gasteiger partial charge in [0, 0.05) is 18.3 Å². The number of aliphatic hydroxyl groups is 2. The zero-order valence-corrected chi connectivity index (χ0v) is 20.8. The molecule has 0 saturated heterocycles. The summed E-state index contributed by atoms with van der Waals surface area (Å²) in [6.45, 7) is 6.00. The topological polar surface area (TPSA) is 107 Å². The molecule has 0 saturated carbocycles. The van der Waals surface area contributed by atoms with Crippen molar-refractivity contribution in [1.29, 1.82) is 0 Å². The quantitative estimate of drug-likeness (QED) is 0.345. The van der Waals surface area contributed by atoms with Gasteiger partial charge in [0.15, 0.2) is 0 Å². The van der Waals surface area contributed by atoms with E-state index in [0.29, 0.717) is 12.8 Å². The molecule has 0 aromatic carbocycles. The molecule has 0 aliphatic heterocycles. The maximum absolute atomic E-state index is 12.4. The summed E-state index contributed by atoms with van der Waals surface area (Å²) in [7, 11) is 0. The number of esters is 1. The monoisotopic (exact) mass is 430 g/mol. The molecular formula is C23H35NaO6. The van der Waals surface area contributed by atoms with E-state index in [1.54, 1.807) is 0 Å². The third-order valence-corrected chi connectivity index (χ3v) is 6.41. The molecule has 0 unspecified atom stereocenters. The number of allylic oxidation sites excluding steroid dienone is 3. The van der Waals surface area contributed by atoms with E-state index in [-0.39, 0.29) is 71.7 Å². The van der Waals surface area contributed by atoms with E-state index in [0.717, 1.165) is 19.3 Å². The first-order chi connectivity index (χ1) is 13.7. The summed E-state index contributed by atoms with van der Waals surface area (Å²) in [4.78, 5) is 23.0. The summed E-state index contributed by atoms with van der Waals surface area (Å²) >= 11 is 0. The number of aliphatic carboxylic acids is 1. The number of hydrogen-bond acceptors (Lipinski definition) is 6. The first kappa shape index (κ1) is 27.4. The van der Waals surface area contributed by atoms with Crippen molar-refractivity contribution in [2.45, 2.75) is 84.0 Å². The van der Waals surface area contributed by atoms with Crippen molar-refractivity contribution < 1.29 is 59.2 Å². The van der Waals surface area contributed by atoms with Gasteiger partial charge in [-0.25, -0.2) is 0 Å². The first-order valence-electron chi connectivity index (χ1n) is 10.9. The number of hydrogen-bond donors (Lipinski definition) is 2. The van der Waals surface area contributed by atoms with E-state index in [9.17, 15) is 24.9 Å². The molecule has 7 atom stereocenters. The maximum Gasteiger partial charge on any atom is 1.00 e. The van der Waals surface area contributed by atoms with Crippen LogP contribution >= 0.6 is 0 Å². The number of carbonyl (C=O) groups excluding carboxylic acids is 2. The fourth-order valence-corrected chi connectivity index (χ4v) is 4.48. The SMILES string of the molecule is CC[C@H](C)C(=O)O[C@H]1CCC=C2C=C[C@H](C)[C@H](CC[C@@H](O)C[C@@H](O)CC(=O)[O-])[C@H]21.[Na+]. The van der Waals surface area contributed by atoms with Crippen LogP contribution in [-0.4, -0.2) is 40.5 Å². The second kappa shape index (κ2) is 13.0. The van der Waals surface area contributed by atoms with Gasteiger partial charge in [-0.3, -0.25) is 4.79 Å². The molecular weight excluding hydrogens is 395 g/mol. The molecule has 0 radical (unpaired) electrons. The van der Waals surface area contributed by atoms with Crippen molar-refractivity contribution in [3.63, 3.8) is 0 Å². The van der Waals surface area contributed by atoms with Gasteiger partial charge in [0.1, 0.15) is 6.10 Å². The maximum atomic E-state index is 12.4. The van der Waals surface area contributed by atoms with E-state index in [2.05, 4.69) is 25.2 Å². The molecule has 30 heavy (non-hydrogen) atoms. The smallest absolute Gasteiger partial charge is 0.550 e. The Morgan fingerprint density at radius 3 is 2.63 bits per heavy atom. The van der Waals surface area contributed by atoms with Crippen LogP contribution in [0, 0.1) is 23.7 Å². The Bertz CT molecular complexity index is 631. The van der Waals surface area contributed by atoms with Crippen molar-refractivity contribution in [3.05, 3.63) is 23.8 Å². The third-order valence-electron chi connectivity index (χ3n) is 6.41. The molecule has 0 amide bonds. The van der Waals surface area contributed by atoms with Crippen LogP contribution < -0.4 is 34.7 Å². The number of rotatable bonds is 10. The molecule has 0 spiro atoms. The van der Waals surface area contributed by atoms with Crippen molar-refractivity contribution in [2.75, 3.05) is 0 Å². The Morgan fingerprint density at radius 2 is 2.00 bits per heavy atom. The van der Waals surface area contributed by atoms with Crippen LogP contribution in [0.3, 0.4) is 0 Å². The van der Waals surface area contributed by atoms with E-state index in [1.165, 1.54) is 5.57 Å². The summed E-state index contributed by atoms with van der Waals surface area (Å²) in [5.74, 6) is -0.984. The number of carbonyl (C=O) groups is 2. The summed E-state index contributed by atoms with van der Waals surface area (Å²) in [5, 5.41) is 30.6. The van der Waals surface area contributed by atoms with Crippen LogP contribution in [0.1, 0.15) is 65.7 Å². The standard InChI is InChI=1S/C23H36O6.Na/c1-4-14(2)23(28)29-20-7-5-6-16-9-8-15(3)19(22(16)20)11-10-17(24)12-18(25)13-21(26)27;/h6,8-9,14-15,17-20,22,24-25H,4-5,7,10-13H2,1-3H3,(H,26,27);/q;+1/p-1/t14-,15-,17+,18+,19-,20-,22-;/m0./s1. The first-order valence-corrected chi connectivity index (χ1v) is 10.9. The van der Waals surface area contributed by atoms with Gasteiger partial charge in [-0.1, -0.05) is 39.0 Å². The molecule has 7 heteroatoms. The van der Waals surface area contributed by atoms with Gasteiger partial charge in [-0.15, -0.1) is 0 Å². The Balaban J connectivity index is 0.00000450. The predicted molar refractivity (Wildman–Crippen MR) is 107 cm³/mol. The largest absolute Gasteiger partial charge is 1.00 e. The molecule has 0 bridgehead atoms. The summed E-state index contributed by atoms with van der Waals surface area (Å²) in [5.41, 5.74) is 1.20. The van der Waals surface area contributed by atoms with E-state index >= 15 is 0 Å². The minimum absolute atomic E-state index is 0. The van der Waals surface area contributed by atoms with E-state index in [4.69, 9.17) is 4.74 Å². The van der Waals surface area contributed by atoms with Crippen LogP contribution in [-0.2, 0) is 14.3 Å². The minimum atomic E-state index is -1.32. The van der Waals surface area contributed by atoms with Gasteiger partial charge in [-0.2, -0.15) is 0 Å². The van der Waals surface area contributed by atoms with E-state index in [1.807, 2.05) is 13.8 Å². The zero-order chi connectivity index (χ0) is 21.6. The molecule has 2 rings (SSSR count). The summed E-state index contributed by atoms with van der Waals surface area (Å²) in [6, 6.07) is 0. The van der Waals surface area contributed by atoms with Gasteiger partial charge in [-0.05, 0) is 55.9 Å². The van der Waals surface area contributed by atoms with Crippen LogP contribution in [0.4, 0.5) is 0 Å². The summed E-state index contributed by atoms with van der Waals surface area (Å²) in [6.07, 6.45) is 7.64. The van der Waals surface area contributed by atoms with E-state index < -0.39 is 24.6 Å². The zero-order valence-electron chi connectivity index (χ0n) is 18.8. The second-order valence-electron chi connectivity index (χ2n) is 8.67. The fourth-order valence-electron chi connectivity index (χ4n) is 4.48. The van der Waals surface area contributed by atoms with Crippen molar-refractivity contribution in [3.8, 4) is 0 Å². The number of carboxylic acid groups (broad SMARTS) is 1. The number of fused-ring (bicyclic) bond motifs is 1. The molecule has 0 aromatic heterocycles. The second-order valence-corrected chi connectivity index (χ2v) is 8.67. The van der Waals surface area contributed by atoms with Gasteiger partial charge in [0.2, 0.25) is 0 Å². The average molecular weight is 431 g/mol. The Kier molecular flexibility index (Phi) is 11.9. The minimum Gasteiger partial charge on any atom is -0.550 e. The molecule has 2 aliphatic carbocycles. The molecule has 0 fully saturated rings. The molecule has 2 N–H and O–H groups in total. The van der Waals surface area contributed by atoms with Crippen molar-refractivity contribution >= 4 is 11.9 Å². The Morgan fingerprint density at radius 1 is 1.30 bits per heavy atom. The Hall–Kier alpha value is -0.660. The average Bonchev–Trinajstić information content (AvgIpc) is 2.66. The molecule has 0 aromatic rings. The van der Waals surface area contributed by atoms with Gasteiger partial charge in [0.25, 0.3) is 0 Å². The Labute approximate surface area is 202 Å². The number of carboxylic acids is 1. The summed E-state index contributed by atoms with van der Waals surface area (Å²) < 4.78 is 5.92. The van der Waals surface area contributed by atoms with Crippen LogP contribution in [0.5, 0.6) is 0 Å². The van der Waals surface area contributed by atoms with Crippen LogP contribution in [0.15, 0.2) is 23.8 Å². The van der Waals surface area contributed by atoms with Gasteiger partial charge < -0.3 is 24.9 Å². The molecule has 0 heterocycles. The van der Waals surface area contributed by atoms with Crippen LogP contribution in [0.2, 0.25) is 0 Å². The van der Waals surface area contributed by atoms with Gasteiger partial charge >= 0.3 is 35.5 Å². The van der Waals surface area contributed by atoms with Crippen molar-refractivity contribution in [1.82, 2.24) is 0 Å². The van der Waals surface area contributed by atoms with Crippen LogP contribution in [0.25, 0.3) is 0 Å². The molecule has 6 nitrogen and oxygen atoms in total.